The predicted molar refractivity (Wildman–Crippen MR) is 96.5 cm³/mol. The number of nitrogens with zero attached hydrogens (tertiary/aromatic N) is 2. The summed E-state index contributed by atoms with van der Waals surface area (Å²) in [5.41, 5.74) is 3.40. The highest BCUT2D eigenvalue weighted by atomic mass is 16.2. The van der Waals surface area contributed by atoms with E-state index in [2.05, 4.69) is 25.6 Å². The highest BCUT2D eigenvalue weighted by molar-refractivity contribution is 5.95. The summed E-state index contributed by atoms with van der Waals surface area (Å²) >= 11 is 0. The van der Waals surface area contributed by atoms with Crippen molar-refractivity contribution in [3.05, 3.63) is 78.4 Å². The molecule has 1 amide bonds. The lowest BCUT2D eigenvalue weighted by molar-refractivity contribution is -0.119. The van der Waals surface area contributed by atoms with Gasteiger partial charge in [0.1, 0.15) is 0 Å². The molecule has 2 aromatic carbocycles. The second kappa shape index (κ2) is 8.30. The van der Waals surface area contributed by atoms with Gasteiger partial charge < -0.3 is 4.90 Å². The SMILES string of the molecule is C=CCN(C(=O)CN(C)Cc1ccccc1C)c1ccccc1. The summed E-state index contributed by atoms with van der Waals surface area (Å²) in [6, 6.07) is 18.0. The van der Waals surface area contributed by atoms with Gasteiger partial charge in [-0.1, -0.05) is 48.5 Å². The van der Waals surface area contributed by atoms with E-state index in [0.29, 0.717) is 13.1 Å². The minimum atomic E-state index is 0.0761. The second-order valence-electron chi connectivity index (χ2n) is 5.73. The van der Waals surface area contributed by atoms with Gasteiger partial charge in [-0.15, -0.1) is 6.58 Å². The zero-order valence-corrected chi connectivity index (χ0v) is 13.9. The van der Waals surface area contributed by atoms with Crippen LogP contribution in [0.25, 0.3) is 0 Å². The first-order chi connectivity index (χ1) is 11.1. The second-order valence-corrected chi connectivity index (χ2v) is 5.73. The topological polar surface area (TPSA) is 23.6 Å². The number of carbonyl (C=O) groups is 1. The molecule has 0 aliphatic heterocycles. The van der Waals surface area contributed by atoms with Gasteiger partial charge >= 0.3 is 0 Å². The van der Waals surface area contributed by atoms with Crippen LogP contribution in [-0.4, -0.2) is 30.9 Å². The average molecular weight is 308 g/mol. The standard InChI is InChI=1S/C20H24N2O/c1-4-14-22(19-12-6-5-7-13-19)20(23)16-21(3)15-18-11-9-8-10-17(18)2/h4-13H,1,14-16H2,2-3H3. The highest BCUT2D eigenvalue weighted by Crippen LogP contribution is 2.14. The van der Waals surface area contributed by atoms with Gasteiger partial charge in [0.05, 0.1) is 6.54 Å². The Kier molecular flexibility index (Phi) is 6.12. The van der Waals surface area contributed by atoms with E-state index in [1.165, 1.54) is 11.1 Å². The summed E-state index contributed by atoms with van der Waals surface area (Å²) in [6.45, 7) is 7.50. The first kappa shape index (κ1) is 17.0. The van der Waals surface area contributed by atoms with Crippen molar-refractivity contribution in [1.82, 2.24) is 4.90 Å². The molecule has 0 heterocycles. The van der Waals surface area contributed by atoms with Crippen molar-refractivity contribution in [2.24, 2.45) is 0 Å². The summed E-state index contributed by atoms with van der Waals surface area (Å²) in [6.07, 6.45) is 1.76. The van der Waals surface area contributed by atoms with Crippen molar-refractivity contribution in [1.29, 1.82) is 0 Å². The molecular weight excluding hydrogens is 284 g/mol. The summed E-state index contributed by atoms with van der Waals surface area (Å²) in [5.74, 6) is 0.0761. The summed E-state index contributed by atoms with van der Waals surface area (Å²) < 4.78 is 0. The lowest BCUT2D eigenvalue weighted by atomic mass is 10.1. The van der Waals surface area contributed by atoms with Crippen molar-refractivity contribution in [3.63, 3.8) is 0 Å². The van der Waals surface area contributed by atoms with Crippen LogP contribution in [0.2, 0.25) is 0 Å². The molecule has 3 heteroatoms. The monoisotopic (exact) mass is 308 g/mol. The third kappa shape index (κ3) is 4.80. The molecule has 120 valence electrons. The molecule has 0 bridgehead atoms. The molecule has 0 aliphatic rings. The number of anilines is 1. The van der Waals surface area contributed by atoms with Crippen LogP contribution in [0, 0.1) is 6.92 Å². The Balaban J connectivity index is 2.03. The fourth-order valence-electron chi connectivity index (χ4n) is 2.54. The van der Waals surface area contributed by atoms with Crippen molar-refractivity contribution in [2.45, 2.75) is 13.5 Å². The number of carbonyl (C=O) groups excluding carboxylic acids is 1. The van der Waals surface area contributed by atoms with Gasteiger partial charge in [-0.05, 0) is 37.2 Å². The number of aryl methyl sites for hydroxylation is 1. The minimum absolute atomic E-state index is 0.0761. The number of para-hydroxylation sites is 1. The molecule has 0 saturated heterocycles. The number of hydrogen-bond donors (Lipinski definition) is 0. The molecule has 0 aliphatic carbocycles. The Morgan fingerprint density at radius 2 is 1.74 bits per heavy atom. The van der Waals surface area contributed by atoms with E-state index in [9.17, 15) is 4.79 Å². The van der Waals surface area contributed by atoms with E-state index in [-0.39, 0.29) is 5.91 Å². The number of likely N-dealkylation sites (N-methyl/N-ethyl adjacent to an activating group) is 1. The lowest BCUT2D eigenvalue weighted by Crippen LogP contribution is -2.39. The number of hydrogen-bond acceptors (Lipinski definition) is 2. The fourth-order valence-corrected chi connectivity index (χ4v) is 2.54. The minimum Gasteiger partial charge on any atom is -0.308 e. The quantitative estimate of drug-likeness (QED) is 0.729. The first-order valence-corrected chi connectivity index (χ1v) is 7.81. The van der Waals surface area contributed by atoms with E-state index in [1.54, 1.807) is 11.0 Å². The molecule has 0 spiro atoms. The zero-order valence-electron chi connectivity index (χ0n) is 13.9. The lowest BCUT2D eigenvalue weighted by Gasteiger charge is -2.25. The van der Waals surface area contributed by atoms with Crippen LogP contribution >= 0.6 is 0 Å². The van der Waals surface area contributed by atoms with Crippen molar-refractivity contribution < 1.29 is 4.79 Å². The van der Waals surface area contributed by atoms with Crippen LogP contribution in [0.1, 0.15) is 11.1 Å². The molecule has 0 aromatic heterocycles. The fraction of sp³-hybridized carbons (Fsp3) is 0.250. The third-order valence-electron chi connectivity index (χ3n) is 3.79. The van der Waals surface area contributed by atoms with E-state index >= 15 is 0 Å². The van der Waals surface area contributed by atoms with Crippen molar-refractivity contribution in [3.8, 4) is 0 Å². The molecule has 0 atom stereocenters. The van der Waals surface area contributed by atoms with E-state index < -0.39 is 0 Å². The molecule has 2 rings (SSSR count). The van der Waals surface area contributed by atoms with Gasteiger partial charge in [0.2, 0.25) is 5.91 Å². The van der Waals surface area contributed by atoms with Gasteiger partial charge in [0.25, 0.3) is 0 Å². The summed E-state index contributed by atoms with van der Waals surface area (Å²) in [5, 5.41) is 0. The Hall–Kier alpha value is -2.39. The van der Waals surface area contributed by atoms with Crippen LogP contribution in [0.3, 0.4) is 0 Å². The van der Waals surface area contributed by atoms with Crippen LogP contribution in [0.5, 0.6) is 0 Å². The number of rotatable bonds is 7. The largest absolute Gasteiger partial charge is 0.308 e. The first-order valence-electron chi connectivity index (χ1n) is 7.81. The average Bonchev–Trinajstić information content (AvgIpc) is 2.55. The maximum absolute atomic E-state index is 12.7. The number of amides is 1. The van der Waals surface area contributed by atoms with E-state index in [4.69, 9.17) is 0 Å². The molecule has 3 nitrogen and oxygen atoms in total. The molecule has 0 unspecified atom stereocenters. The Morgan fingerprint density at radius 1 is 1.09 bits per heavy atom. The molecule has 0 fully saturated rings. The summed E-state index contributed by atoms with van der Waals surface area (Å²) in [7, 11) is 1.97. The smallest absolute Gasteiger partial charge is 0.241 e. The molecule has 23 heavy (non-hydrogen) atoms. The highest BCUT2D eigenvalue weighted by Gasteiger charge is 2.16. The zero-order chi connectivity index (χ0) is 16.7. The van der Waals surface area contributed by atoms with Crippen molar-refractivity contribution in [2.75, 3.05) is 25.0 Å². The normalized spacial score (nSPS) is 10.6. The molecule has 0 saturated carbocycles. The third-order valence-corrected chi connectivity index (χ3v) is 3.79. The van der Waals surface area contributed by atoms with Gasteiger partial charge in [-0.25, -0.2) is 0 Å². The molecule has 0 N–H and O–H groups in total. The Morgan fingerprint density at radius 3 is 2.39 bits per heavy atom. The molecule has 2 aromatic rings. The predicted octanol–water partition coefficient (Wildman–Crippen LogP) is 3.65. The van der Waals surface area contributed by atoms with Gasteiger partial charge in [0, 0.05) is 18.8 Å². The van der Waals surface area contributed by atoms with Crippen LogP contribution in [-0.2, 0) is 11.3 Å². The maximum atomic E-state index is 12.7. The van der Waals surface area contributed by atoms with Crippen LogP contribution in [0.4, 0.5) is 5.69 Å². The Labute approximate surface area is 138 Å². The van der Waals surface area contributed by atoms with Crippen LogP contribution < -0.4 is 4.90 Å². The number of benzene rings is 2. The van der Waals surface area contributed by atoms with Crippen molar-refractivity contribution >= 4 is 11.6 Å². The molecule has 0 radical (unpaired) electrons. The van der Waals surface area contributed by atoms with Gasteiger partial charge in [-0.2, -0.15) is 0 Å². The maximum Gasteiger partial charge on any atom is 0.241 e. The van der Waals surface area contributed by atoms with Gasteiger partial charge in [0.15, 0.2) is 0 Å². The van der Waals surface area contributed by atoms with E-state index in [1.807, 2.05) is 54.4 Å². The van der Waals surface area contributed by atoms with Gasteiger partial charge in [-0.3, -0.25) is 9.69 Å². The summed E-state index contributed by atoms with van der Waals surface area (Å²) in [4.78, 5) is 16.5. The molecular formula is C20H24N2O. The van der Waals surface area contributed by atoms with Crippen LogP contribution in [0.15, 0.2) is 67.3 Å². The Bertz CT molecular complexity index is 652. The van der Waals surface area contributed by atoms with E-state index in [0.717, 1.165) is 12.2 Å².